The average Bonchev–Trinajstić information content (AvgIpc) is 3.23. The van der Waals surface area contributed by atoms with Crippen molar-refractivity contribution in [1.82, 2.24) is 0 Å². The van der Waals surface area contributed by atoms with Gasteiger partial charge < -0.3 is 0 Å². The summed E-state index contributed by atoms with van der Waals surface area (Å²) in [6.07, 6.45) is 0. The van der Waals surface area contributed by atoms with Gasteiger partial charge in [0.25, 0.3) is 0 Å². The predicted octanol–water partition coefficient (Wildman–Crippen LogP) is 12.3. The fraction of sp³-hybridized carbons (Fsp3) is 0.267. The Balaban J connectivity index is 1.15. The van der Waals surface area contributed by atoms with E-state index >= 15 is 0 Å². The molecular weight excluding hydrogens is 774 g/mol. The lowest BCUT2D eigenvalue weighted by Gasteiger charge is -2.25. The summed E-state index contributed by atoms with van der Waals surface area (Å²) in [5.74, 6) is 0. The molecule has 0 nitrogen and oxygen atoms in total. The summed E-state index contributed by atoms with van der Waals surface area (Å²) in [6.45, 7) is 27.8. The van der Waals surface area contributed by atoms with Gasteiger partial charge in [0.2, 0.25) is 13.4 Å². The fourth-order valence-electron chi connectivity index (χ4n) is 9.67. The molecule has 0 atom stereocenters. The Kier molecular flexibility index (Phi) is 10.8. The van der Waals surface area contributed by atoms with Crippen molar-refractivity contribution in [3.05, 3.63) is 180 Å². The van der Waals surface area contributed by atoms with E-state index in [2.05, 4.69) is 241 Å². The van der Waals surface area contributed by atoms with Crippen molar-refractivity contribution in [3.63, 3.8) is 0 Å². The standard InChI is InChI=1S/C60H62B2S/c1-57(2,3)40-17-26-44(27-18-40)61(45-28-19-41(20-29-45)58(4,5)6)48-25-16-39-36-53-50-35-34-49(38-55(50)63-54-15-13-14-51(56(53)54)52(39)37-48)62(46-30-21-42(22-31-46)59(7,8)9)47-32-23-43(24-33-47)60(10,11)12/h13-38H,1-12H3. The van der Waals surface area contributed by atoms with E-state index in [1.54, 1.807) is 0 Å². The van der Waals surface area contributed by atoms with E-state index in [-0.39, 0.29) is 35.1 Å². The molecule has 0 spiro atoms. The third-order valence-electron chi connectivity index (χ3n) is 13.6. The maximum atomic E-state index is 2.49. The van der Waals surface area contributed by atoms with Crippen LogP contribution in [0.2, 0.25) is 0 Å². The second kappa shape index (κ2) is 15.8. The summed E-state index contributed by atoms with van der Waals surface area (Å²) in [5, 5.41) is 5.28. The highest BCUT2D eigenvalue weighted by Gasteiger charge is 2.29. The zero-order valence-corrected chi connectivity index (χ0v) is 40.4. The Labute approximate surface area is 383 Å². The number of benzene rings is 8. The molecule has 0 saturated heterocycles. The van der Waals surface area contributed by atoms with Gasteiger partial charge in [0.1, 0.15) is 0 Å². The van der Waals surface area contributed by atoms with E-state index in [1.807, 2.05) is 11.8 Å². The topological polar surface area (TPSA) is 0 Å². The van der Waals surface area contributed by atoms with Crippen LogP contribution in [0.3, 0.4) is 0 Å². The Morgan fingerprint density at radius 3 is 1.11 bits per heavy atom. The highest BCUT2D eigenvalue weighted by molar-refractivity contribution is 7.99. The molecule has 0 bridgehead atoms. The summed E-state index contributed by atoms with van der Waals surface area (Å²) in [6, 6.07) is 61.5. The summed E-state index contributed by atoms with van der Waals surface area (Å²) in [7, 11) is 0. The molecule has 9 rings (SSSR count). The van der Waals surface area contributed by atoms with Crippen LogP contribution >= 0.6 is 11.8 Å². The summed E-state index contributed by atoms with van der Waals surface area (Å²) in [4.78, 5) is 2.65. The van der Waals surface area contributed by atoms with Crippen molar-refractivity contribution in [1.29, 1.82) is 0 Å². The van der Waals surface area contributed by atoms with Crippen molar-refractivity contribution < 1.29 is 0 Å². The van der Waals surface area contributed by atoms with Gasteiger partial charge in [0.05, 0.1) is 0 Å². The van der Waals surface area contributed by atoms with E-state index in [0.29, 0.717) is 0 Å². The third-order valence-corrected chi connectivity index (χ3v) is 14.7. The molecule has 8 aromatic carbocycles. The minimum absolute atomic E-state index is 0.0985. The van der Waals surface area contributed by atoms with Crippen LogP contribution in [0.15, 0.2) is 168 Å². The van der Waals surface area contributed by atoms with Crippen LogP contribution in [0.1, 0.15) is 105 Å². The van der Waals surface area contributed by atoms with E-state index in [1.165, 1.54) is 97.5 Å². The van der Waals surface area contributed by atoms with Crippen LogP contribution < -0.4 is 32.8 Å². The number of fused-ring (bicyclic) bond motifs is 4. The molecular formula is C60H62B2S. The van der Waals surface area contributed by atoms with Crippen LogP contribution in [-0.4, -0.2) is 13.4 Å². The van der Waals surface area contributed by atoms with E-state index in [4.69, 9.17) is 0 Å². The fourth-order valence-corrected chi connectivity index (χ4v) is 10.9. The van der Waals surface area contributed by atoms with Gasteiger partial charge in [0, 0.05) is 15.2 Å². The van der Waals surface area contributed by atoms with Crippen molar-refractivity contribution in [3.8, 4) is 11.1 Å². The van der Waals surface area contributed by atoms with Crippen LogP contribution in [0.5, 0.6) is 0 Å². The molecule has 1 aliphatic rings. The molecule has 3 heteroatoms. The molecule has 1 heterocycles. The zero-order valence-electron chi connectivity index (χ0n) is 39.6. The Morgan fingerprint density at radius 2 is 0.698 bits per heavy atom. The number of hydrogen-bond acceptors (Lipinski definition) is 1. The highest BCUT2D eigenvalue weighted by atomic mass is 32.2. The number of rotatable bonds is 6. The molecule has 314 valence electrons. The van der Waals surface area contributed by atoms with Gasteiger partial charge in [-0.3, -0.25) is 0 Å². The summed E-state index contributed by atoms with van der Waals surface area (Å²) >= 11 is 1.93. The van der Waals surface area contributed by atoms with Gasteiger partial charge in [0.15, 0.2) is 0 Å². The Bertz CT molecular complexity index is 2850. The first-order chi connectivity index (χ1) is 29.7. The highest BCUT2D eigenvalue weighted by Crippen LogP contribution is 2.49. The molecule has 0 unspecified atom stereocenters. The molecule has 8 aromatic rings. The van der Waals surface area contributed by atoms with Crippen LogP contribution in [0.25, 0.3) is 32.7 Å². The first-order valence-corrected chi connectivity index (χ1v) is 23.8. The minimum Gasteiger partial charge on any atom is -0.0888 e. The van der Waals surface area contributed by atoms with E-state index in [0.717, 1.165) is 0 Å². The van der Waals surface area contributed by atoms with Crippen molar-refractivity contribution >= 4 is 79.5 Å². The second-order valence-corrected chi connectivity index (χ2v) is 23.4. The molecule has 0 aromatic heterocycles. The lowest BCUT2D eigenvalue weighted by molar-refractivity contribution is 0.590. The smallest absolute Gasteiger partial charge is 0.0888 e. The third kappa shape index (κ3) is 8.35. The van der Waals surface area contributed by atoms with Gasteiger partial charge in [-0.2, -0.15) is 0 Å². The molecule has 0 saturated carbocycles. The SMILES string of the molecule is CC(C)(C)c1ccc(B(c2ccc(C(C)(C)C)cc2)c2ccc3c(c2)Sc2cccc4c2c-3cc2ccc(B(c3ccc(C(C)(C)C)cc3)c3ccc(C(C)(C)C)cc3)cc24)cc1. The van der Waals surface area contributed by atoms with Crippen LogP contribution in [-0.2, 0) is 21.7 Å². The van der Waals surface area contributed by atoms with Gasteiger partial charge in [-0.15, -0.1) is 0 Å². The maximum Gasteiger partial charge on any atom is 0.241 e. The molecule has 0 fully saturated rings. The maximum absolute atomic E-state index is 2.49. The largest absolute Gasteiger partial charge is 0.241 e. The molecule has 1 aliphatic heterocycles. The zero-order chi connectivity index (χ0) is 44.6. The minimum atomic E-state index is 0.0985. The van der Waals surface area contributed by atoms with E-state index in [9.17, 15) is 0 Å². The monoisotopic (exact) mass is 836 g/mol. The summed E-state index contributed by atoms with van der Waals surface area (Å²) in [5.41, 5.74) is 16.4. The van der Waals surface area contributed by atoms with E-state index < -0.39 is 0 Å². The average molecular weight is 837 g/mol. The first kappa shape index (κ1) is 43.0. The Hall–Kier alpha value is -5.24. The van der Waals surface area contributed by atoms with Gasteiger partial charge in [-0.25, -0.2) is 0 Å². The molecule has 0 radical (unpaired) electrons. The second-order valence-electron chi connectivity index (χ2n) is 22.3. The normalized spacial score (nSPS) is 13.0. The van der Waals surface area contributed by atoms with Crippen LogP contribution in [0.4, 0.5) is 0 Å². The molecule has 0 N–H and O–H groups in total. The molecule has 63 heavy (non-hydrogen) atoms. The van der Waals surface area contributed by atoms with Crippen molar-refractivity contribution in [2.24, 2.45) is 0 Å². The van der Waals surface area contributed by atoms with Crippen molar-refractivity contribution in [2.45, 2.75) is 115 Å². The quantitative estimate of drug-likeness (QED) is 0.119. The van der Waals surface area contributed by atoms with Crippen LogP contribution in [0, 0.1) is 0 Å². The number of hydrogen-bond donors (Lipinski definition) is 0. The first-order valence-electron chi connectivity index (χ1n) is 23.0. The lowest BCUT2D eigenvalue weighted by Crippen LogP contribution is -2.52. The van der Waals surface area contributed by atoms with Crippen molar-refractivity contribution in [2.75, 3.05) is 0 Å². The van der Waals surface area contributed by atoms with Gasteiger partial charge >= 0.3 is 0 Å². The Morgan fingerprint density at radius 1 is 0.317 bits per heavy atom. The molecule has 0 amide bonds. The molecule has 0 aliphatic carbocycles. The summed E-state index contributed by atoms with van der Waals surface area (Å²) < 4.78 is 0. The lowest BCUT2D eigenvalue weighted by atomic mass is 9.36. The van der Waals surface area contributed by atoms with Gasteiger partial charge in [-0.05, 0) is 83.3 Å². The predicted molar refractivity (Wildman–Crippen MR) is 281 cm³/mol. The van der Waals surface area contributed by atoms with Gasteiger partial charge in [-0.1, -0.05) is 273 Å².